The van der Waals surface area contributed by atoms with Crippen LogP contribution in [0.25, 0.3) is 0 Å². The van der Waals surface area contributed by atoms with E-state index in [1.54, 1.807) is 0 Å². The molecule has 0 bridgehead atoms. The molecule has 76 valence electrons. The Labute approximate surface area is 90.5 Å². The molecule has 0 amide bonds. The van der Waals surface area contributed by atoms with Crippen LogP contribution in [-0.2, 0) is 6.42 Å². The van der Waals surface area contributed by atoms with Crippen LogP contribution in [0.1, 0.15) is 30.4 Å². The van der Waals surface area contributed by atoms with E-state index in [-0.39, 0.29) is 0 Å². The summed E-state index contributed by atoms with van der Waals surface area (Å²) < 4.78 is 0. The van der Waals surface area contributed by atoms with Crippen LogP contribution in [0.2, 0.25) is 5.02 Å². The van der Waals surface area contributed by atoms with E-state index in [0.717, 1.165) is 11.4 Å². The second-order valence-electron chi connectivity index (χ2n) is 4.03. The van der Waals surface area contributed by atoms with E-state index in [2.05, 4.69) is 24.4 Å². The lowest BCUT2D eigenvalue weighted by atomic mass is 9.94. The molecular formula is C12H16ClN. The maximum Gasteiger partial charge on any atom is 0.0440 e. The van der Waals surface area contributed by atoms with Crippen LogP contribution in [-0.4, -0.2) is 13.1 Å². The highest BCUT2D eigenvalue weighted by Gasteiger charge is 2.27. The second kappa shape index (κ2) is 3.92. The van der Waals surface area contributed by atoms with Gasteiger partial charge in [0.25, 0.3) is 0 Å². The van der Waals surface area contributed by atoms with Gasteiger partial charge in [0.2, 0.25) is 0 Å². The molecule has 0 aliphatic heterocycles. The Kier molecular flexibility index (Phi) is 2.80. The molecule has 14 heavy (non-hydrogen) atoms. The van der Waals surface area contributed by atoms with Crippen molar-refractivity contribution in [2.75, 3.05) is 7.05 Å². The maximum atomic E-state index is 6.16. The molecule has 0 spiro atoms. The predicted octanol–water partition coefficient (Wildman–Crippen LogP) is 2.98. The lowest BCUT2D eigenvalue weighted by Crippen LogP contribution is -2.27. The fourth-order valence-electron chi connectivity index (χ4n) is 2.36. The predicted molar refractivity (Wildman–Crippen MR) is 61.0 cm³/mol. The van der Waals surface area contributed by atoms with Gasteiger partial charge >= 0.3 is 0 Å². The summed E-state index contributed by atoms with van der Waals surface area (Å²) in [4.78, 5) is 0. The van der Waals surface area contributed by atoms with Crippen molar-refractivity contribution in [3.05, 3.63) is 34.3 Å². The van der Waals surface area contributed by atoms with Gasteiger partial charge in [0, 0.05) is 11.1 Å². The van der Waals surface area contributed by atoms with Crippen molar-refractivity contribution in [3.63, 3.8) is 0 Å². The Bertz CT molecular complexity index is 335. The molecule has 0 radical (unpaired) electrons. The van der Waals surface area contributed by atoms with Gasteiger partial charge in [-0.3, -0.25) is 0 Å². The summed E-state index contributed by atoms with van der Waals surface area (Å²) in [6.07, 6.45) is 2.35. The van der Waals surface area contributed by atoms with Gasteiger partial charge in [-0.2, -0.15) is 0 Å². The summed E-state index contributed by atoms with van der Waals surface area (Å²) in [5, 5.41) is 4.26. The first-order chi connectivity index (χ1) is 6.74. The minimum atomic E-state index is 0.537. The van der Waals surface area contributed by atoms with E-state index in [1.807, 2.05) is 13.1 Å². The van der Waals surface area contributed by atoms with Gasteiger partial charge in [0.05, 0.1) is 0 Å². The van der Waals surface area contributed by atoms with Crippen LogP contribution in [0.3, 0.4) is 0 Å². The highest BCUT2D eigenvalue weighted by molar-refractivity contribution is 6.31. The largest absolute Gasteiger partial charge is 0.317 e. The van der Waals surface area contributed by atoms with Crippen LogP contribution < -0.4 is 5.32 Å². The van der Waals surface area contributed by atoms with Gasteiger partial charge in [0.15, 0.2) is 0 Å². The molecule has 0 saturated carbocycles. The molecular weight excluding hydrogens is 194 g/mol. The van der Waals surface area contributed by atoms with Crippen LogP contribution in [0, 0.1) is 0 Å². The average Bonchev–Trinajstić information content (AvgIpc) is 2.62. The fourth-order valence-corrected chi connectivity index (χ4v) is 2.64. The Morgan fingerprint density at radius 1 is 1.50 bits per heavy atom. The monoisotopic (exact) mass is 209 g/mol. The quantitative estimate of drug-likeness (QED) is 0.790. The third kappa shape index (κ3) is 1.55. The van der Waals surface area contributed by atoms with Crippen molar-refractivity contribution >= 4 is 11.6 Å². The zero-order valence-electron chi connectivity index (χ0n) is 8.68. The van der Waals surface area contributed by atoms with E-state index in [0.29, 0.717) is 12.0 Å². The van der Waals surface area contributed by atoms with E-state index in [4.69, 9.17) is 11.6 Å². The minimum Gasteiger partial charge on any atom is -0.317 e. The normalized spacial score (nSPS) is 22.1. The van der Waals surface area contributed by atoms with Gasteiger partial charge in [-0.1, -0.05) is 23.7 Å². The molecule has 1 N–H and O–H groups in total. The van der Waals surface area contributed by atoms with Crippen molar-refractivity contribution in [2.45, 2.75) is 31.7 Å². The Hall–Kier alpha value is -0.530. The molecule has 1 aliphatic rings. The molecule has 0 heterocycles. The summed E-state index contributed by atoms with van der Waals surface area (Å²) >= 11 is 6.16. The summed E-state index contributed by atoms with van der Waals surface area (Å²) in [6, 6.07) is 6.80. The SMILES string of the molecule is CNC(C)C1CCc2c(Cl)cccc21. The second-order valence-corrected chi connectivity index (χ2v) is 4.44. The van der Waals surface area contributed by atoms with E-state index in [1.165, 1.54) is 17.5 Å². The first kappa shape index (κ1) is 10.0. The number of likely N-dealkylation sites (N-methyl/N-ethyl adjacent to an activating group) is 1. The molecule has 2 rings (SSSR count). The first-order valence-corrected chi connectivity index (χ1v) is 5.56. The lowest BCUT2D eigenvalue weighted by molar-refractivity contribution is 0.492. The molecule has 2 unspecified atom stereocenters. The number of benzene rings is 1. The van der Waals surface area contributed by atoms with Crippen LogP contribution in [0.5, 0.6) is 0 Å². The van der Waals surface area contributed by atoms with Crippen molar-refractivity contribution in [3.8, 4) is 0 Å². The molecule has 1 aliphatic carbocycles. The van der Waals surface area contributed by atoms with Gasteiger partial charge in [-0.25, -0.2) is 0 Å². The van der Waals surface area contributed by atoms with Crippen molar-refractivity contribution in [1.82, 2.24) is 5.32 Å². The molecule has 1 aromatic rings. The number of nitrogens with one attached hydrogen (secondary N) is 1. The Balaban J connectivity index is 2.35. The number of hydrogen-bond donors (Lipinski definition) is 1. The van der Waals surface area contributed by atoms with Gasteiger partial charge < -0.3 is 5.32 Å². The summed E-state index contributed by atoms with van der Waals surface area (Å²) in [5.74, 6) is 0.633. The molecule has 1 aromatic carbocycles. The third-order valence-electron chi connectivity index (χ3n) is 3.32. The van der Waals surface area contributed by atoms with Crippen LogP contribution in [0.15, 0.2) is 18.2 Å². The molecule has 0 saturated heterocycles. The third-order valence-corrected chi connectivity index (χ3v) is 3.67. The van der Waals surface area contributed by atoms with Crippen LogP contribution in [0.4, 0.5) is 0 Å². The van der Waals surface area contributed by atoms with Gasteiger partial charge in [0.1, 0.15) is 0 Å². The number of fused-ring (bicyclic) bond motifs is 1. The smallest absolute Gasteiger partial charge is 0.0440 e. The molecule has 0 fully saturated rings. The Morgan fingerprint density at radius 3 is 3.00 bits per heavy atom. The van der Waals surface area contributed by atoms with Crippen molar-refractivity contribution < 1.29 is 0 Å². The first-order valence-electron chi connectivity index (χ1n) is 5.18. The topological polar surface area (TPSA) is 12.0 Å². The highest BCUT2D eigenvalue weighted by Crippen LogP contribution is 2.38. The maximum absolute atomic E-state index is 6.16. The average molecular weight is 210 g/mol. The molecule has 0 aromatic heterocycles. The highest BCUT2D eigenvalue weighted by atomic mass is 35.5. The minimum absolute atomic E-state index is 0.537. The van der Waals surface area contributed by atoms with E-state index < -0.39 is 0 Å². The van der Waals surface area contributed by atoms with E-state index in [9.17, 15) is 0 Å². The lowest BCUT2D eigenvalue weighted by Gasteiger charge is -2.19. The van der Waals surface area contributed by atoms with Crippen molar-refractivity contribution in [1.29, 1.82) is 0 Å². The standard InChI is InChI=1S/C12H16ClN/c1-8(14-2)9-6-7-11-10(9)4-3-5-12(11)13/h3-5,8-9,14H,6-7H2,1-2H3. The Morgan fingerprint density at radius 2 is 2.29 bits per heavy atom. The van der Waals surface area contributed by atoms with Gasteiger partial charge in [-0.15, -0.1) is 0 Å². The zero-order valence-corrected chi connectivity index (χ0v) is 9.43. The number of hydrogen-bond acceptors (Lipinski definition) is 1. The summed E-state index contributed by atoms with van der Waals surface area (Å²) in [6.45, 7) is 2.24. The molecule has 2 heteroatoms. The van der Waals surface area contributed by atoms with Crippen LogP contribution >= 0.6 is 11.6 Å². The number of rotatable bonds is 2. The van der Waals surface area contributed by atoms with E-state index >= 15 is 0 Å². The summed E-state index contributed by atoms with van der Waals surface area (Å²) in [5.41, 5.74) is 2.81. The number of halogens is 1. The summed E-state index contributed by atoms with van der Waals surface area (Å²) in [7, 11) is 2.02. The molecule has 1 nitrogen and oxygen atoms in total. The van der Waals surface area contributed by atoms with Crippen molar-refractivity contribution in [2.24, 2.45) is 0 Å². The zero-order chi connectivity index (χ0) is 10.1. The van der Waals surface area contributed by atoms with Gasteiger partial charge in [-0.05, 0) is 49.9 Å². The molecule has 2 atom stereocenters. The fraction of sp³-hybridized carbons (Fsp3) is 0.500.